The average molecular weight is 484 g/mol. The Morgan fingerprint density at radius 3 is 2.50 bits per heavy atom. The van der Waals surface area contributed by atoms with Crippen LogP contribution in [0.5, 0.6) is 0 Å². The van der Waals surface area contributed by atoms with Gasteiger partial charge in [-0.05, 0) is 5.56 Å². The van der Waals surface area contributed by atoms with Gasteiger partial charge in [-0.15, -0.1) is 0 Å². The molecular weight excluding hydrogens is 467 g/mol. The van der Waals surface area contributed by atoms with Gasteiger partial charge in [0.05, 0.1) is 18.9 Å². The normalized spacial score (nSPS) is 22.8. The number of ether oxygens (including phenoxy) is 2. The number of phosphoric ester groups is 1. The van der Waals surface area contributed by atoms with Crippen molar-refractivity contribution in [3.63, 3.8) is 0 Å². The summed E-state index contributed by atoms with van der Waals surface area (Å²) in [5, 5.41) is 0. The molecule has 3 N–H and O–H groups in total. The van der Waals surface area contributed by atoms with Crippen molar-refractivity contribution in [2.24, 2.45) is 0 Å². The summed E-state index contributed by atoms with van der Waals surface area (Å²) >= 11 is 0. The van der Waals surface area contributed by atoms with Gasteiger partial charge in [-0.25, -0.2) is 9.36 Å². The summed E-state index contributed by atoms with van der Waals surface area (Å²) in [5.41, 5.74) is -1.93. The minimum atomic E-state index is -5.62. The fourth-order valence-electron chi connectivity index (χ4n) is 3.17. The molecule has 1 aromatic heterocycles. The van der Waals surface area contributed by atoms with Gasteiger partial charge < -0.3 is 19.3 Å². The highest BCUT2D eigenvalue weighted by atomic mass is 31.2. The summed E-state index contributed by atoms with van der Waals surface area (Å²) in [7, 11) is -5.62. The van der Waals surface area contributed by atoms with Gasteiger partial charge in [0.1, 0.15) is 12.3 Å². The van der Waals surface area contributed by atoms with Crippen LogP contribution in [-0.4, -0.2) is 43.8 Å². The van der Waals surface area contributed by atoms with Crippen LogP contribution in [-0.2, 0) is 25.2 Å². The van der Waals surface area contributed by atoms with Gasteiger partial charge >= 0.3 is 19.7 Å². The Hall–Kier alpha value is -2.35. The maximum Gasteiger partial charge on any atom is 0.470 e. The first kappa shape index (κ1) is 24.3. The van der Waals surface area contributed by atoms with Gasteiger partial charge in [-0.2, -0.15) is 17.6 Å². The van der Waals surface area contributed by atoms with Crippen molar-refractivity contribution in [2.45, 2.75) is 43.7 Å². The Morgan fingerprint density at radius 1 is 1.25 bits per heavy atom. The number of nitrogens with zero attached hydrogens (tertiary/aromatic N) is 1. The lowest BCUT2D eigenvalue weighted by Gasteiger charge is -2.29. The highest BCUT2D eigenvalue weighted by molar-refractivity contribution is 7.46. The van der Waals surface area contributed by atoms with Crippen molar-refractivity contribution >= 4 is 7.82 Å². The average Bonchev–Trinajstić information content (AvgIpc) is 3.10. The first-order chi connectivity index (χ1) is 14.8. The molecule has 0 saturated carbocycles. The lowest BCUT2D eigenvalue weighted by molar-refractivity contribution is -0.242. The maximum absolute atomic E-state index is 13.6. The van der Waals surface area contributed by atoms with Crippen LogP contribution in [0.3, 0.4) is 0 Å². The zero-order chi connectivity index (χ0) is 23.7. The minimum Gasteiger partial charge on any atom is -0.371 e. The molecule has 4 atom stereocenters. The van der Waals surface area contributed by atoms with Crippen LogP contribution >= 0.6 is 7.82 Å². The molecule has 176 valence electrons. The first-order valence-corrected chi connectivity index (χ1v) is 10.5. The first-order valence-electron chi connectivity index (χ1n) is 8.98. The lowest BCUT2D eigenvalue weighted by Crippen LogP contribution is -2.46. The summed E-state index contributed by atoms with van der Waals surface area (Å²) in [5.74, 6) is -1.39. The Bertz CT molecular complexity index is 1100. The summed E-state index contributed by atoms with van der Waals surface area (Å²) < 4.78 is 80.7. The quantitative estimate of drug-likeness (QED) is 0.398. The van der Waals surface area contributed by atoms with Crippen molar-refractivity contribution in [3.05, 3.63) is 68.7 Å². The molecule has 0 aliphatic carbocycles. The molecule has 1 aromatic carbocycles. The predicted molar refractivity (Wildman–Crippen MR) is 97.8 cm³/mol. The molecule has 2 aromatic rings. The molecule has 1 saturated heterocycles. The van der Waals surface area contributed by atoms with E-state index in [4.69, 9.17) is 19.3 Å². The van der Waals surface area contributed by atoms with Gasteiger partial charge in [-0.1, -0.05) is 30.3 Å². The van der Waals surface area contributed by atoms with E-state index in [0.717, 1.165) is 0 Å². The Labute approximate surface area is 176 Å². The Kier molecular flexibility index (Phi) is 7.03. The van der Waals surface area contributed by atoms with Crippen molar-refractivity contribution in [2.75, 3.05) is 0 Å². The lowest BCUT2D eigenvalue weighted by atomic mass is 10.1. The van der Waals surface area contributed by atoms with Gasteiger partial charge in [0.2, 0.25) is 5.82 Å². The molecule has 0 spiro atoms. The van der Waals surface area contributed by atoms with Crippen LogP contribution in [0.4, 0.5) is 17.6 Å². The van der Waals surface area contributed by atoms with Crippen molar-refractivity contribution in [1.29, 1.82) is 0 Å². The topological polar surface area (TPSA) is 140 Å². The number of rotatable bonds is 7. The third-order valence-electron chi connectivity index (χ3n) is 4.53. The maximum atomic E-state index is 13.6. The molecular formula is C17H17F4N2O8P. The van der Waals surface area contributed by atoms with Crippen LogP contribution in [0.25, 0.3) is 0 Å². The number of alkyl halides is 3. The highest BCUT2D eigenvalue weighted by Gasteiger charge is 2.56. The molecule has 1 aliphatic heterocycles. The molecule has 10 nitrogen and oxygen atoms in total. The smallest absolute Gasteiger partial charge is 0.371 e. The van der Waals surface area contributed by atoms with Gasteiger partial charge in [0.25, 0.3) is 5.56 Å². The van der Waals surface area contributed by atoms with E-state index in [2.05, 4.69) is 4.52 Å². The molecule has 0 bridgehead atoms. The van der Waals surface area contributed by atoms with Gasteiger partial charge in [-0.3, -0.25) is 18.9 Å². The highest BCUT2D eigenvalue weighted by Crippen LogP contribution is 2.46. The number of H-pyrrole nitrogens is 1. The summed E-state index contributed by atoms with van der Waals surface area (Å²) in [6, 6.07) is 8.26. The standard InChI is InChI=1S/C17H17F4N2O8P/c18-10-7-23(16(25)22-15(10)24)12-6-11(29-8-9-4-2-1-3-5-9)13(30-12)14(17(19,20)21)31-32(26,27)28/h1-5,7,11-14H,6,8H2,(H,22,24,25)(H2,26,27,28)/t11-,12+,13-,14+/m0/s1. The molecule has 0 unspecified atom stereocenters. The third kappa shape index (κ3) is 5.91. The number of hydrogen-bond donors (Lipinski definition) is 3. The van der Waals surface area contributed by atoms with E-state index in [1.165, 1.54) is 0 Å². The van der Waals surface area contributed by atoms with Crippen molar-refractivity contribution in [3.8, 4) is 0 Å². The second-order valence-corrected chi connectivity index (χ2v) is 8.02. The SMILES string of the molecule is O=c1[nH]c(=O)n([C@H]2C[C@H](OCc3ccccc3)[C@@H]([C@@H](OP(=O)(O)O)C(F)(F)F)O2)cc1F. The van der Waals surface area contributed by atoms with E-state index in [-0.39, 0.29) is 6.61 Å². The fourth-order valence-corrected chi connectivity index (χ4v) is 3.71. The van der Waals surface area contributed by atoms with E-state index in [1.54, 1.807) is 35.3 Å². The monoisotopic (exact) mass is 484 g/mol. The van der Waals surface area contributed by atoms with E-state index >= 15 is 0 Å². The van der Waals surface area contributed by atoms with Crippen molar-refractivity contribution < 1.29 is 45.9 Å². The van der Waals surface area contributed by atoms with E-state index < -0.39 is 62.0 Å². The van der Waals surface area contributed by atoms with Gasteiger partial charge in [0.15, 0.2) is 6.10 Å². The number of aromatic amines is 1. The zero-order valence-electron chi connectivity index (χ0n) is 15.9. The predicted octanol–water partition coefficient (Wildman–Crippen LogP) is 1.59. The Balaban J connectivity index is 1.94. The van der Waals surface area contributed by atoms with E-state index in [9.17, 15) is 31.7 Å². The third-order valence-corrected chi connectivity index (χ3v) is 5.03. The fraction of sp³-hybridized carbons (Fsp3) is 0.412. The number of benzene rings is 1. The molecule has 0 amide bonds. The minimum absolute atomic E-state index is 0.201. The van der Waals surface area contributed by atoms with Gasteiger partial charge in [0, 0.05) is 6.42 Å². The Morgan fingerprint density at radius 2 is 1.91 bits per heavy atom. The number of nitrogens with one attached hydrogen (secondary N) is 1. The zero-order valence-corrected chi connectivity index (χ0v) is 16.8. The van der Waals surface area contributed by atoms with E-state index in [0.29, 0.717) is 16.3 Å². The molecule has 32 heavy (non-hydrogen) atoms. The van der Waals surface area contributed by atoms with Crippen LogP contribution in [0.15, 0.2) is 46.1 Å². The largest absolute Gasteiger partial charge is 0.470 e. The van der Waals surface area contributed by atoms with Crippen molar-refractivity contribution in [1.82, 2.24) is 9.55 Å². The molecule has 1 fully saturated rings. The summed E-state index contributed by atoms with van der Waals surface area (Å²) in [6.07, 6.45) is -13.6. The van der Waals surface area contributed by atoms with Crippen LogP contribution in [0, 0.1) is 5.82 Å². The van der Waals surface area contributed by atoms with Crippen LogP contribution in [0.2, 0.25) is 0 Å². The molecule has 3 rings (SSSR count). The number of aromatic nitrogens is 2. The number of phosphoric acid groups is 1. The van der Waals surface area contributed by atoms with E-state index in [1.807, 2.05) is 0 Å². The van der Waals surface area contributed by atoms with Crippen LogP contribution < -0.4 is 11.2 Å². The second-order valence-electron chi connectivity index (χ2n) is 6.83. The molecule has 15 heteroatoms. The summed E-state index contributed by atoms with van der Waals surface area (Å²) in [4.78, 5) is 42.8. The molecule has 0 radical (unpaired) electrons. The summed E-state index contributed by atoms with van der Waals surface area (Å²) in [6.45, 7) is -0.201. The molecule has 2 heterocycles. The second kappa shape index (κ2) is 9.25. The number of halogens is 4. The molecule has 1 aliphatic rings. The van der Waals surface area contributed by atoms with Crippen LogP contribution in [0.1, 0.15) is 18.2 Å². The number of hydrogen-bond acceptors (Lipinski definition) is 6.